The van der Waals surface area contributed by atoms with Crippen LogP contribution in [0, 0.1) is 0 Å². The number of anilines is 1. The first kappa shape index (κ1) is 14.8. The highest BCUT2D eigenvalue weighted by atomic mass is 79.9. The lowest BCUT2D eigenvalue weighted by Crippen LogP contribution is -2.55. The first-order chi connectivity index (χ1) is 9.06. The largest absolute Gasteiger partial charge is 0.384 e. The Labute approximate surface area is 125 Å². The maximum atomic E-state index is 3.50. The molecule has 1 heterocycles. The van der Waals surface area contributed by atoms with E-state index in [9.17, 15) is 0 Å². The van der Waals surface area contributed by atoms with E-state index in [-0.39, 0.29) is 0 Å². The third-order valence-electron chi connectivity index (χ3n) is 4.02. The molecular formula is C15H24BrN3. The Bertz CT molecular complexity index is 398. The maximum Gasteiger partial charge on any atom is 0.0351 e. The van der Waals surface area contributed by atoms with E-state index in [1.807, 2.05) is 0 Å². The Balaban J connectivity index is 1.77. The van der Waals surface area contributed by atoms with Crippen LogP contribution >= 0.6 is 15.9 Å². The highest BCUT2D eigenvalue weighted by Crippen LogP contribution is 2.16. The van der Waals surface area contributed by atoms with E-state index >= 15 is 0 Å². The zero-order chi connectivity index (χ0) is 13.8. The van der Waals surface area contributed by atoms with Gasteiger partial charge >= 0.3 is 0 Å². The third kappa shape index (κ3) is 4.20. The molecule has 1 aliphatic heterocycles. The molecule has 1 aliphatic rings. The lowest BCUT2D eigenvalue weighted by molar-refractivity contribution is 0.0626. The number of likely N-dealkylation sites (N-methyl/N-ethyl adjacent to an activating group) is 1. The first-order valence-corrected chi connectivity index (χ1v) is 7.79. The Kier molecular flexibility index (Phi) is 5.25. The second-order valence-corrected chi connectivity index (χ2v) is 6.48. The van der Waals surface area contributed by atoms with Crippen LogP contribution in [0.15, 0.2) is 28.7 Å². The van der Waals surface area contributed by atoms with Crippen LogP contribution in [0.4, 0.5) is 5.69 Å². The minimum atomic E-state index is 0.648. The van der Waals surface area contributed by atoms with Crippen LogP contribution in [0.5, 0.6) is 0 Å². The summed E-state index contributed by atoms with van der Waals surface area (Å²) in [5, 5.41) is 3.49. The van der Waals surface area contributed by atoms with Gasteiger partial charge in [0, 0.05) is 48.4 Å². The van der Waals surface area contributed by atoms with Crippen molar-refractivity contribution in [2.75, 3.05) is 38.5 Å². The number of rotatable bonds is 4. The van der Waals surface area contributed by atoms with Gasteiger partial charge in [0.1, 0.15) is 0 Å². The zero-order valence-electron chi connectivity index (χ0n) is 12.1. The summed E-state index contributed by atoms with van der Waals surface area (Å²) >= 11 is 3.50. The lowest BCUT2D eigenvalue weighted by atomic mass is 10.1. The smallest absolute Gasteiger partial charge is 0.0351 e. The maximum absolute atomic E-state index is 3.50. The summed E-state index contributed by atoms with van der Waals surface area (Å²) in [5.41, 5.74) is 1.18. The summed E-state index contributed by atoms with van der Waals surface area (Å²) in [6, 6.07) is 9.64. The summed E-state index contributed by atoms with van der Waals surface area (Å²) in [4.78, 5) is 5.03. The SMILES string of the molecule is CC1CN(CCNc2cccc(Br)c2)CC(C)N1C. The highest BCUT2D eigenvalue weighted by molar-refractivity contribution is 9.10. The van der Waals surface area contributed by atoms with E-state index in [0.717, 1.165) is 17.6 Å². The van der Waals surface area contributed by atoms with Crippen molar-refractivity contribution >= 4 is 21.6 Å². The molecule has 1 aromatic rings. The van der Waals surface area contributed by atoms with Crippen molar-refractivity contribution < 1.29 is 0 Å². The molecule has 0 radical (unpaired) electrons. The van der Waals surface area contributed by atoms with Gasteiger partial charge in [-0.1, -0.05) is 22.0 Å². The second kappa shape index (κ2) is 6.73. The van der Waals surface area contributed by atoms with Crippen molar-refractivity contribution in [1.29, 1.82) is 0 Å². The topological polar surface area (TPSA) is 18.5 Å². The summed E-state index contributed by atoms with van der Waals surface area (Å²) in [6.45, 7) is 9.06. The molecule has 2 rings (SSSR count). The fourth-order valence-corrected chi connectivity index (χ4v) is 3.05. The quantitative estimate of drug-likeness (QED) is 0.918. The van der Waals surface area contributed by atoms with Gasteiger partial charge in [-0.05, 0) is 39.1 Å². The van der Waals surface area contributed by atoms with Crippen LogP contribution in [0.2, 0.25) is 0 Å². The minimum Gasteiger partial charge on any atom is -0.384 e. The van der Waals surface area contributed by atoms with Crippen molar-refractivity contribution in [3.8, 4) is 0 Å². The molecule has 2 unspecified atom stereocenters. The van der Waals surface area contributed by atoms with Crippen molar-refractivity contribution in [1.82, 2.24) is 9.80 Å². The molecule has 106 valence electrons. The number of hydrogen-bond donors (Lipinski definition) is 1. The number of hydrogen-bond acceptors (Lipinski definition) is 3. The van der Waals surface area contributed by atoms with Crippen LogP contribution in [0.3, 0.4) is 0 Å². The van der Waals surface area contributed by atoms with E-state index in [4.69, 9.17) is 0 Å². The molecule has 2 atom stereocenters. The Morgan fingerprint density at radius 1 is 1.26 bits per heavy atom. The third-order valence-corrected chi connectivity index (χ3v) is 4.51. The molecule has 0 spiro atoms. The molecule has 4 heteroatoms. The van der Waals surface area contributed by atoms with Crippen molar-refractivity contribution in [3.05, 3.63) is 28.7 Å². The summed E-state index contributed by atoms with van der Waals surface area (Å²) < 4.78 is 1.12. The van der Waals surface area contributed by atoms with Gasteiger partial charge in [-0.2, -0.15) is 0 Å². The average molecular weight is 326 g/mol. The Hall–Kier alpha value is -0.580. The Morgan fingerprint density at radius 3 is 2.58 bits per heavy atom. The van der Waals surface area contributed by atoms with Crippen LogP contribution in [0.25, 0.3) is 0 Å². The monoisotopic (exact) mass is 325 g/mol. The van der Waals surface area contributed by atoms with Crippen LogP contribution in [-0.4, -0.2) is 55.1 Å². The van der Waals surface area contributed by atoms with Gasteiger partial charge in [0.25, 0.3) is 0 Å². The summed E-state index contributed by atoms with van der Waals surface area (Å²) in [6.07, 6.45) is 0. The average Bonchev–Trinajstić information content (AvgIpc) is 2.36. The number of benzene rings is 1. The van der Waals surface area contributed by atoms with Crippen molar-refractivity contribution in [2.24, 2.45) is 0 Å². The molecule has 0 bridgehead atoms. The van der Waals surface area contributed by atoms with Crippen molar-refractivity contribution in [3.63, 3.8) is 0 Å². The molecule has 3 nitrogen and oxygen atoms in total. The predicted octanol–water partition coefficient (Wildman–Crippen LogP) is 2.89. The van der Waals surface area contributed by atoms with Gasteiger partial charge in [-0.25, -0.2) is 0 Å². The van der Waals surface area contributed by atoms with E-state index in [1.165, 1.54) is 18.8 Å². The van der Waals surface area contributed by atoms with Gasteiger partial charge < -0.3 is 5.32 Å². The van der Waals surface area contributed by atoms with Crippen LogP contribution in [0.1, 0.15) is 13.8 Å². The Morgan fingerprint density at radius 2 is 1.95 bits per heavy atom. The van der Waals surface area contributed by atoms with E-state index < -0.39 is 0 Å². The van der Waals surface area contributed by atoms with Crippen molar-refractivity contribution in [2.45, 2.75) is 25.9 Å². The fourth-order valence-electron chi connectivity index (χ4n) is 2.65. The number of nitrogens with one attached hydrogen (secondary N) is 1. The number of halogens is 1. The molecule has 0 saturated carbocycles. The summed E-state index contributed by atoms with van der Waals surface area (Å²) in [5.74, 6) is 0. The van der Waals surface area contributed by atoms with Gasteiger partial charge in [0.05, 0.1) is 0 Å². The molecule has 0 aromatic heterocycles. The molecule has 0 amide bonds. The second-order valence-electron chi connectivity index (χ2n) is 5.56. The lowest BCUT2D eigenvalue weighted by Gasteiger charge is -2.42. The highest BCUT2D eigenvalue weighted by Gasteiger charge is 2.25. The number of nitrogens with zero attached hydrogens (tertiary/aromatic N) is 2. The number of piperazine rings is 1. The normalized spacial score (nSPS) is 25.5. The molecule has 1 saturated heterocycles. The van der Waals surface area contributed by atoms with Gasteiger partial charge in [-0.3, -0.25) is 9.80 Å². The van der Waals surface area contributed by atoms with Crippen LogP contribution < -0.4 is 5.32 Å². The molecular weight excluding hydrogens is 302 g/mol. The van der Waals surface area contributed by atoms with Gasteiger partial charge in [0.15, 0.2) is 0 Å². The summed E-state index contributed by atoms with van der Waals surface area (Å²) in [7, 11) is 2.23. The first-order valence-electron chi connectivity index (χ1n) is 7.00. The fraction of sp³-hybridized carbons (Fsp3) is 0.600. The van der Waals surface area contributed by atoms with E-state index in [1.54, 1.807) is 0 Å². The van der Waals surface area contributed by atoms with Gasteiger partial charge in [-0.15, -0.1) is 0 Å². The zero-order valence-corrected chi connectivity index (χ0v) is 13.7. The molecule has 1 aromatic carbocycles. The minimum absolute atomic E-state index is 0.648. The van der Waals surface area contributed by atoms with E-state index in [0.29, 0.717) is 12.1 Å². The van der Waals surface area contributed by atoms with Crippen LogP contribution in [-0.2, 0) is 0 Å². The molecule has 19 heavy (non-hydrogen) atoms. The predicted molar refractivity (Wildman–Crippen MR) is 85.8 cm³/mol. The van der Waals surface area contributed by atoms with Gasteiger partial charge in [0.2, 0.25) is 0 Å². The standard InChI is InChI=1S/C15H24BrN3/c1-12-10-19(11-13(2)18(12)3)8-7-17-15-6-4-5-14(16)9-15/h4-6,9,12-13,17H,7-8,10-11H2,1-3H3. The molecule has 1 N–H and O–H groups in total. The molecule has 1 fully saturated rings. The van der Waals surface area contributed by atoms with E-state index in [2.05, 4.69) is 76.2 Å². The molecule has 0 aliphatic carbocycles.